The van der Waals surface area contributed by atoms with Gasteiger partial charge in [0.1, 0.15) is 5.75 Å². The van der Waals surface area contributed by atoms with Crippen LogP contribution in [0.3, 0.4) is 0 Å². The summed E-state index contributed by atoms with van der Waals surface area (Å²) in [4.78, 5) is 0. The van der Waals surface area contributed by atoms with Gasteiger partial charge in [0.25, 0.3) is 0 Å². The average molecular weight is 171 g/mol. The number of hydrogen-bond donors (Lipinski definition) is 2. The van der Waals surface area contributed by atoms with Crippen LogP contribution in [0.2, 0.25) is 0 Å². The van der Waals surface area contributed by atoms with Crippen LogP contribution in [0.25, 0.3) is 0 Å². The maximum Gasteiger partial charge on any atom is 0.131 e. The van der Waals surface area contributed by atoms with E-state index in [4.69, 9.17) is 5.73 Å². The van der Waals surface area contributed by atoms with Gasteiger partial charge in [0.15, 0.2) is 0 Å². The normalized spacial score (nSPS) is 13.8. The van der Waals surface area contributed by atoms with Gasteiger partial charge in [-0.1, -0.05) is 13.8 Å². The predicted molar refractivity (Wildman–Crippen MR) is 47.8 cm³/mol. The van der Waals surface area contributed by atoms with Crippen molar-refractivity contribution in [1.82, 2.24) is 0 Å². The lowest BCUT2D eigenvalue weighted by molar-refractivity contribution is 0.443. The summed E-state index contributed by atoms with van der Waals surface area (Å²) in [5, 5.41) is 12.9. The zero-order valence-electron chi connectivity index (χ0n) is 6.74. The molecule has 1 aromatic rings. The van der Waals surface area contributed by atoms with Gasteiger partial charge in [0, 0.05) is 17.0 Å². The molecule has 0 aliphatic rings. The van der Waals surface area contributed by atoms with Gasteiger partial charge in [-0.3, -0.25) is 0 Å². The topological polar surface area (TPSA) is 46.2 Å². The molecule has 3 heteroatoms. The van der Waals surface area contributed by atoms with Crippen LogP contribution < -0.4 is 5.73 Å². The molecule has 0 bridgehead atoms. The van der Waals surface area contributed by atoms with E-state index in [1.807, 2.05) is 19.2 Å². The monoisotopic (exact) mass is 171 g/mol. The molecule has 0 saturated heterocycles. The lowest BCUT2D eigenvalue weighted by Gasteiger charge is -2.14. The van der Waals surface area contributed by atoms with Crippen molar-refractivity contribution in [3.63, 3.8) is 0 Å². The van der Waals surface area contributed by atoms with Crippen molar-refractivity contribution in [2.75, 3.05) is 0 Å². The molecule has 3 N–H and O–H groups in total. The van der Waals surface area contributed by atoms with Crippen molar-refractivity contribution in [3.8, 4) is 5.75 Å². The summed E-state index contributed by atoms with van der Waals surface area (Å²) in [5.41, 5.74) is 6.70. The number of thiophene rings is 1. The fraction of sp³-hybridized carbons (Fsp3) is 0.500. The van der Waals surface area contributed by atoms with Crippen molar-refractivity contribution in [2.24, 2.45) is 11.7 Å². The average Bonchev–Trinajstić information content (AvgIpc) is 2.33. The van der Waals surface area contributed by atoms with E-state index in [1.165, 1.54) is 11.3 Å². The quantitative estimate of drug-likeness (QED) is 0.716. The Hall–Kier alpha value is -0.540. The zero-order valence-corrected chi connectivity index (χ0v) is 7.56. The van der Waals surface area contributed by atoms with Crippen LogP contribution in [0.5, 0.6) is 5.75 Å². The van der Waals surface area contributed by atoms with Crippen molar-refractivity contribution in [1.29, 1.82) is 0 Å². The van der Waals surface area contributed by atoms with Gasteiger partial charge in [-0.15, -0.1) is 11.3 Å². The summed E-state index contributed by atoms with van der Waals surface area (Å²) in [5.74, 6) is 0.701. The maximum atomic E-state index is 9.30. The van der Waals surface area contributed by atoms with Crippen LogP contribution in [-0.4, -0.2) is 5.11 Å². The van der Waals surface area contributed by atoms with Crippen LogP contribution in [0, 0.1) is 5.92 Å². The van der Waals surface area contributed by atoms with Crippen molar-refractivity contribution in [2.45, 2.75) is 19.9 Å². The van der Waals surface area contributed by atoms with Gasteiger partial charge in [-0.2, -0.15) is 0 Å². The van der Waals surface area contributed by atoms with E-state index >= 15 is 0 Å². The molecule has 0 unspecified atom stereocenters. The third kappa shape index (κ3) is 1.73. The molecule has 0 fully saturated rings. The first-order chi connectivity index (χ1) is 5.13. The molecule has 2 nitrogen and oxygen atoms in total. The van der Waals surface area contributed by atoms with E-state index < -0.39 is 0 Å². The largest absolute Gasteiger partial charge is 0.507 e. The highest BCUT2D eigenvalue weighted by atomic mass is 32.1. The number of rotatable bonds is 2. The molecule has 0 saturated carbocycles. The van der Waals surface area contributed by atoms with E-state index in [1.54, 1.807) is 5.38 Å². The summed E-state index contributed by atoms with van der Waals surface area (Å²) in [6.45, 7) is 4.09. The standard InChI is InChI=1S/C8H13NOS/c1-5(2)8(9)6-3-11-4-7(6)10/h3-5,8,10H,9H2,1-2H3/t8-/m1/s1. The Bertz CT molecular complexity index is 232. The van der Waals surface area contributed by atoms with Gasteiger partial charge in [-0.25, -0.2) is 0 Å². The van der Waals surface area contributed by atoms with Gasteiger partial charge >= 0.3 is 0 Å². The third-order valence-electron chi connectivity index (χ3n) is 1.75. The number of hydrogen-bond acceptors (Lipinski definition) is 3. The Morgan fingerprint density at radius 3 is 2.45 bits per heavy atom. The molecule has 0 aliphatic heterocycles. The Morgan fingerprint density at radius 1 is 1.45 bits per heavy atom. The third-order valence-corrected chi connectivity index (χ3v) is 2.50. The zero-order chi connectivity index (χ0) is 8.43. The molecular weight excluding hydrogens is 158 g/mol. The predicted octanol–water partition coefficient (Wildman–Crippen LogP) is 2.11. The van der Waals surface area contributed by atoms with Gasteiger partial charge in [-0.05, 0) is 11.3 Å². The minimum absolute atomic E-state index is 0.0405. The maximum absolute atomic E-state index is 9.30. The fourth-order valence-corrected chi connectivity index (χ4v) is 1.67. The van der Waals surface area contributed by atoms with Crippen LogP contribution >= 0.6 is 11.3 Å². The summed E-state index contributed by atoms with van der Waals surface area (Å²) in [7, 11) is 0. The van der Waals surface area contributed by atoms with Crippen LogP contribution in [0.15, 0.2) is 10.8 Å². The molecule has 1 aromatic heterocycles. The molecule has 11 heavy (non-hydrogen) atoms. The molecule has 1 heterocycles. The minimum Gasteiger partial charge on any atom is -0.507 e. The fourth-order valence-electron chi connectivity index (χ4n) is 0.909. The Morgan fingerprint density at radius 2 is 2.09 bits per heavy atom. The van der Waals surface area contributed by atoms with Gasteiger partial charge in [0.2, 0.25) is 0 Å². The lowest BCUT2D eigenvalue weighted by Crippen LogP contribution is -2.15. The molecule has 0 aromatic carbocycles. The van der Waals surface area contributed by atoms with E-state index in [2.05, 4.69) is 0 Å². The van der Waals surface area contributed by atoms with Crippen molar-refractivity contribution in [3.05, 3.63) is 16.3 Å². The molecule has 1 atom stereocenters. The Balaban J connectivity index is 2.84. The molecule has 0 amide bonds. The number of aromatic hydroxyl groups is 1. The van der Waals surface area contributed by atoms with Crippen LogP contribution in [0.1, 0.15) is 25.5 Å². The summed E-state index contributed by atoms with van der Waals surface area (Å²) in [6.07, 6.45) is 0. The Kier molecular flexibility index (Phi) is 2.52. The smallest absolute Gasteiger partial charge is 0.131 e. The van der Waals surface area contributed by atoms with E-state index in [0.717, 1.165) is 5.56 Å². The minimum atomic E-state index is -0.0405. The molecule has 0 spiro atoms. The first-order valence-corrected chi connectivity index (χ1v) is 4.58. The van der Waals surface area contributed by atoms with Crippen LogP contribution in [-0.2, 0) is 0 Å². The molecule has 1 rings (SSSR count). The summed E-state index contributed by atoms with van der Waals surface area (Å²) < 4.78 is 0. The molecule has 62 valence electrons. The van der Waals surface area contributed by atoms with Gasteiger partial charge in [0.05, 0.1) is 0 Å². The van der Waals surface area contributed by atoms with Crippen LogP contribution in [0.4, 0.5) is 0 Å². The Labute approximate surface area is 70.7 Å². The second-order valence-corrected chi connectivity index (χ2v) is 3.73. The summed E-state index contributed by atoms with van der Waals surface area (Å²) >= 11 is 1.48. The van der Waals surface area contributed by atoms with Crippen molar-refractivity contribution < 1.29 is 5.11 Å². The summed E-state index contributed by atoms with van der Waals surface area (Å²) in [6, 6.07) is -0.0405. The molecule has 0 aliphatic carbocycles. The first kappa shape index (κ1) is 8.56. The van der Waals surface area contributed by atoms with Crippen molar-refractivity contribution >= 4 is 11.3 Å². The second kappa shape index (κ2) is 3.24. The first-order valence-electron chi connectivity index (χ1n) is 3.63. The van der Waals surface area contributed by atoms with E-state index in [0.29, 0.717) is 11.7 Å². The number of nitrogens with two attached hydrogens (primary N) is 1. The molecular formula is C8H13NOS. The molecule has 0 radical (unpaired) electrons. The highest BCUT2D eigenvalue weighted by molar-refractivity contribution is 7.08. The van der Waals surface area contributed by atoms with Gasteiger partial charge < -0.3 is 10.8 Å². The van der Waals surface area contributed by atoms with E-state index in [9.17, 15) is 5.11 Å². The lowest BCUT2D eigenvalue weighted by atomic mass is 9.99. The second-order valence-electron chi connectivity index (χ2n) is 2.98. The SMILES string of the molecule is CC(C)[C@@H](N)c1cscc1O. The van der Waals surface area contributed by atoms with E-state index in [-0.39, 0.29) is 6.04 Å². The highest BCUT2D eigenvalue weighted by Gasteiger charge is 2.14. The highest BCUT2D eigenvalue weighted by Crippen LogP contribution is 2.30.